The maximum atomic E-state index is 12.7. The van der Waals surface area contributed by atoms with Gasteiger partial charge in [0.15, 0.2) is 0 Å². The standard InChI is InChI=1S/C14H17N3O3S/c1-10-3-4-12-11(2)17(8-7-16(10)12)21(19,20)14-9-15-6-5-13(14)18/h3-6,9,11H,7-8H2,1-2H3,(H,15,18). The Labute approximate surface area is 123 Å². The summed E-state index contributed by atoms with van der Waals surface area (Å²) in [7, 11) is -3.80. The normalized spacial score (nSPS) is 19.4. The zero-order valence-electron chi connectivity index (χ0n) is 11.9. The Morgan fingerprint density at radius 1 is 1.24 bits per heavy atom. The Balaban J connectivity index is 2.06. The van der Waals surface area contributed by atoms with Crippen molar-refractivity contribution in [1.29, 1.82) is 0 Å². The van der Waals surface area contributed by atoms with Gasteiger partial charge < -0.3 is 9.55 Å². The topological polar surface area (TPSA) is 75.2 Å². The molecule has 3 rings (SSSR count). The zero-order chi connectivity index (χ0) is 15.2. The summed E-state index contributed by atoms with van der Waals surface area (Å²) >= 11 is 0. The molecule has 2 aromatic rings. The molecule has 0 fully saturated rings. The van der Waals surface area contributed by atoms with Gasteiger partial charge in [-0.2, -0.15) is 4.31 Å². The van der Waals surface area contributed by atoms with E-state index in [1.165, 1.54) is 22.8 Å². The molecule has 1 aliphatic rings. The van der Waals surface area contributed by atoms with E-state index in [9.17, 15) is 13.2 Å². The van der Waals surface area contributed by atoms with Gasteiger partial charge in [-0.05, 0) is 26.0 Å². The van der Waals surface area contributed by atoms with Crippen molar-refractivity contribution in [3.8, 4) is 0 Å². The number of aryl methyl sites for hydroxylation is 1. The van der Waals surface area contributed by atoms with Crippen molar-refractivity contribution >= 4 is 10.0 Å². The van der Waals surface area contributed by atoms with E-state index in [1.807, 2.05) is 26.0 Å². The summed E-state index contributed by atoms with van der Waals surface area (Å²) in [5, 5.41) is 0. The maximum absolute atomic E-state index is 12.7. The van der Waals surface area contributed by atoms with E-state index in [0.29, 0.717) is 13.1 Å². The quantitative estimate of drug-likeness (QED) is 0.907. The first-order chi connectivity index (χ1) is 9.93. The van der Waals surface area contributed by atoms with Crippen LogP contribution in [0.3, 0.4) is 0 Å². The fraction of sp³-hybridized carbons (Fsp3) is 0.357. The molecule has 0 aliphatic carbocycles. The van der Waals surface area contributed by atoms with Crippen LogP contribution in [0.5, 0.6) is 0 Å². The molecule has 1 unspecified atom stereocenters. The molecule has 0 bridgehead atoms. The second kappa shape index (κ2) is 4.85. The van der Waals surface area contributed by atoms with Gasteiger partial charge in [0.2, 0.25) is 15.5 Å². The summed E-state index contributed by atoms with van der Waals surface area (Å²) in [6, 6.07) is 4.86. The van der Waals surface area contributed by atoms with Gasteiger partial charge in [-0.25, -0.2) is 8.42 Å². The Kier molecular flexibility index (Phi) is 3.26. The van der Waals surface area contributed by atoms with E-state index < -0.39 is 15.5 Å². The summed E-state index contributed by atoms with van der Waals surface area (Å²) < 4.78 is 29.0. The lowest BCUT2D eigenvalue weighted by Gasteiger charge is -2.34. The summed E-state index contributed by atoms with van der Waals surface area (Å²) in [6.07, 6.45) is 2.68. The third kappa shape index (κ3) is 2.13. The molecule has 0 amide bonds. The fourth-order valence-corrected chi connectivity index (χ4v) is 4.49. The van der Waals surface area contributed by atoms with Gasteiger partial charge in [-0.3, -0.25) is 4.79 Å². The second-order valence-electron chi connectivity index (χ2n) is 5.22. The first kappa shape index (κ1) is 14.1. The molecule has 6 nitrogen and oxygen atoms in total. The van der Waals surface area contributed by atoms with Gasteiger partial charge in [0.25, 0.3) is 0 Å². The molecule has 112 valence electrons. The van der Waals surface area contributed by atoms with Crippen LogP contribution in [0.2, 0.25) is 0 Å². The van der Waals surface area contributed by atoms with Crippen LogP contribution in [0.25, 0.3) is 0 Å². The molecule has 0 aromatic carbocycles. The molecular weight excluding hydrogens is 290 g/mol. The van der Waals surface area contributed by atoms with Gasteiger partial charge in [0, 0.05) is 42.9 Å². The largest absolute Gasteiger partial charge is 0.366 e. The van der Waals surface area contributed by atoms with Gasteiger partial charge >= 0.3 is 0 Å². The minimum Gasteiger partial charge on any atom is -0.366 e. The number of aromatic amines is 1. The summed E-state index contributed by atoms with van der Waals surface area (Å²) in [5.41, 5.74) is 1.58. The number of aromatic nitrogens is 2. The van der Waals surface area contributed by atoms with E-state index in [0.717, 1.165) is 11.4 Å². The summed E-state index contributed by atoms with van der Waals surface area (Å²) in [4.78, 5) is 14.3. The molecule has 1 N–H and O–H groups in total. The number of nitrogens with zero attached hydrogens (tertiary/aromatic N) is 2. The summed E-state index contributed by atoms with van der Waals surface area (Å²) in [5.74, 6) is 0. The van der Waals surface area contributed by atoms with E-state index in [4.69, 9.17) is 0 Å². The number of pyridine rings is 1. The van der Waals surface area contributed by atoms with Gasteiger partial charge in [0.05, 0.1) is 6.04 Å². The van der Waals surface area contributed by atoms with E-state index in [2.05, 4.69) is 9.55 Å². The summed E-state index contributed by atoms with van der Waals surface area (Å²) in [6.45, 7) is 4.81. The van der Waals surface area contributed by atoms with E-state index in [-0.39, 0.29) is 10.9 Å². The predicted molar refractivity (Wildman–Crippen MR) is 78.5 cm³/mol. The molecule has 1 atom stereocenters. The number of hydrogen-bond acceptors (Lipinski definition) is 3. The molecule has 21 heavy (non-hydrogen) atoms. The van der Waals surface area contributed by atoms with Crippen LogP contribution in [0, 0.1) is 6.92 Å². The van der Waals surface area contributed by atoms with Crippen LogP contribution in [-0.4, -0.2) is 28.8 Å². The lowest BCUT2D eigenvalue weighted by molar-refractivity contribution is 0.280. The van der Waals surface area contributed by atoms with Crippen LogP contribution in [0.15, 0.2) is 40.3 Å². The van der Waals surface area contributed by atoms with Crippen LogP contribution in [-0.2, 0) is 16.6 Å². The van der Waals surface area contributed by atoms with Crippen molar-refractivity contribution in [3.05, 3.63) is 52.2 Å². The van der Waals surface area contributed by atoms with Crippen molar-refractivity contribution in [3.63, 3.8) is 0 Å². The number of sulfonamides is 1. The molecule has 0 saturated carbocycles. The van der Waals surface area contributed by atoms with E-state index in [1.54, 1.807) is 0 Å². The Morgan fingerprint density at radius 2 is 2.00 bits per heavy atom. The average molecular weight is 307 g/mol. The predicted octanol–water partition coefficient (Wildman–Crippen LogP) is 1.25. The second-order valence-corrected chi connectivity index (χ2v) is 7.07. The smallest absolute Gasteiger partial charge is 0.249 e. The third-order valence-corrected chi connectivity index (χ3v) is 6.00. The minimum atomic E-state index is -3.80. The lowest BCUT2D eigenvalue weighted by Crippen LogP contribution is -2.42. The monoisotopic (exact) mass is 307 g/mol. The van der Waals surface area contributed by atoms with Crippen LogP contribution in [0.1, 0.15) is 24.4 Å². The van der Waals surface area contributed by atoms with Crippen molar-refractivity contribution in [1.82, 2.24) is 13.9 Å². The highest BCUT2D eigenvalue weighted by Crippen LogP contribution is 2.31. The average Bonchev–Trinajstić information content (AvgIpc) is 2.82. The molecule has 7 heteroatoms. The number of rotatable bonds is 2. The lowest BCUT2D eigenvalue weighted by atomic mass is 10.2. The molecule has 0 spiro atoms. The van der Waals surface area contributed by atoms with Gasteiger partial charge in [-0.1, -0.05) is 0 Å². The molecule has 0 saturated heterocycles. The van der Waals surface area contributed by atoms with Gasteiger partial charge in [0.1, 0.15) is 4.90 Å². The highest BCUT2D eigenvalue weighted by Gasteiger charge is 2.35. The number of fused-ring (bicyclic) bond motifs is 1. The van der Waals surface area contributed by atoms with Gasteiger partial charge in [-0.15, -0.1) is 0 Å². The maximum Gasteiger partial charge on any atom is 0.249 e. The van der Waals surface area contributed by atoms with Crippen LogP contribution >= 0.6 is 0 Å². The SMILES string of the molecule is Cc1ccc2n1CCN(S(=O)(=O)c1c[nH]ccc1=O)C2C. The molecule has 3 heterocycles. The first-order valence-corrected chi connectivity index (χ1v) is 8.22. The van der Waals surface area contributed by atoms with E-state index >= 15 is 0 Å². The van der Waals surface area contributed by atoms with Crippen molar-refractivity contribution in [2.24, 2.45) is 0 Å². The van der Waals surface area contributed by atoms with Crippen LogP contribution in [0.4, 0.5) is 0 Å². The highest BCUT2D eigenvalue weighted by molar-refractivity contribution is 7.89. The number of nitrogens with one attached hydrogen (secondary N) is 1. The minimum absolute atomic E-state index is 0.200. The Hall–Kier alpha value is -1.86. The number of hydrogen-bond donors (Lipinski definition) is 1. The number of H-pyrrole nitrogens is 1. The van der Waals surface area contributed by atoms with Crippen LogP contribution < -0.4 is 5.43 Å². The molecular formula is C14H17N3O3S. The van der Waals surface area contributed by atoms with Crippen molar-refractivity contribution < 1.29 is 8.42 Å². The Bertz CT molecular complexity index is 835. The first-order valence-electron chi connectivity index (χ1n) is 6.78. The molecule has 2 aromatic heterocycles. The highest BCUT2D eigenvalue weighted by atomic mass is 32.2. The Morgan fingerprint density at radius 3 is 2.71 bits per heavy atom. The van der Waals surface area contributed by atoms with Crippen molar-refractivity contribution in [2.75, 3.05) is 6.54 Å². The third-order valence-electron chi connectivity index (χ3n) is 4.01. The molecule has 1 aliphatic heterocycles. The zero-order valence-corrected chi connectivity index (χ0v) is 12.7. The fourth-order valence-electron chi connectivity index (χ4n) is 2.86. The van der Waals surface area contributed by atoms with Crippen molar-refractivity contribution in [2.45, 2.75) is 31.3 Å². The molecule has 0 radical (unpaired) electrons.